The summed E-state index contributed by atoms with van der Waals surface area (Å²) < 4.78 is 24.6. The molecule has 8 nitrogen and oxygen atoms in total. The molecule has 0 aliphatic heterocycles. The number of rotatable bonds is 7. The van der Waals surface area contributed by atoms with E-state index in [4.69, 9.17) is 9.47 Å². The molecule has 0 saturated carbocycles. The summed E-state index contributed by atoms with van der Waals surface area (Å²) in [5.41, 5.74) is 3.40. The lowest BCUT2D eigenvalue weighted by atomic mass is 10.1. The van der Waals surface area contributed by atoms with E-state index in [1.165, 1.54) is 24.5 Å². The molecule has 5 rings (SSSR count). The van der Waals surface area contributed by atoms with Crippen LogP contribution < -0.4 is 10.1 Å². The van der Waals surface area contributed by atoms with Gasteiger partial charge in [0.2, 0.25) is 5.88 Å². The molecule has 0 spiro atoms. The maximum absolute atomic E-state index is 14.0. The molecule has 3 aromatic heterocycles. The zero-order chi connectivity index (χ0) is 24.5. The molecule has 5 aromatic rings. The molecule has 0 fully saturated rings. The van der Waals surface area contributed by atoms with Crippen LogP contribution in [0.2, 0.25) is 0 Å². The van der Waals surface area contributed by atoms with E-state index in [-0.39, 0.29) is 18.3 Å². The van der Waals surface area contributed by atoms with E-state index >= 15 is 0 Å². The number of aromatic amines is 1. The molecule has 10 heteroatoms. The molecule has 178 valence electrons. The van der Waals surface area contributed by atoms with Gasteiger partial charge in [0.1, 0.15) is 23.1 Å². The van der Waals surface area contributed by atoms with Gasteiger partial charge in [-0.3, -0.25) is 4.79 Å². The number of anilines is 1. The Balaban J connectivity index is 1.41. The number of ether oxygens (including phenoxy) is 2. The monoisotopic (exact) mass is 491 g/mol. The van der Waals surface area contributed by atoms with Gasteiger partial charge in [-0.25, -0.2) is 14.4 Å². The van der Waals surface area contributed by atoms with E-state index in [1.54, 1.807) is 31.4 Å². The number of fused-ring (bicyclic) bond motifs is 2. The molecule has 0 bridgehead atoms. The third-order valence-corrected chi connectivity index (χ3v) is 6.77. The van der Waals surface area contributed by atoms with E-state index in [9.17, 15) is 9.18 Å². The zero-order valence-electron chi connectivity index (χ0n) is 19.3. The molecule has 0 atom stereocenters. The van der Waals surface area contributed by atoms with E-state index < -0.39 is 0 Å². The van der Waals surface area contributed by atoms with Crippen molar-refractivity contribution in [2.24, 2.45) is 0 Å². The number of thiophene rings is 1. The lowest BCUT2D eigenvalue weighted by Gasteiger charge is -2.05. The standard InChI is InChI=1S/C25H22FN5O3S/c1-13-21-24(34-3)30-20(12-33-2)31-25(21)35-22(13)23(32)27-15-8-9-17-18(11-15)29-19(28-17)10-14-6-4-5-7-16(14)26/h4-9,11H,10,12H2,1-3H3,(H,27,32)(H,28,29). The quantitative estimate of drug-likeness (QED) is 0.332. The van der Waals surface area contributed by atoms with Crippen LogP contribution in [0, 0.1) is 12.7 Å². The van der Waals surface area contributed by atoms with Gasteiger partial charge in [0.15, 0.2) is 5.82 Å². The fourth-order valence-corrected chi connectivity index (χ4v) is 5.02. The minimum atomic E-state index is -0.268. The van der Waals surface area contributed by atoms with Crippen LogP contribution in [0.4, 0.5) is 10.1 Å². The van der Waals surface area contributed by atoms with Gasteiger partial charge in [-0.15, -0.1) is 11.3 Å². The maximum atomic E-state index is 14.0. The Hall–Kier alpha value is -3.89. The smallest absolute Gasteiger partial charge is 0.266 e. The SMILES string of the molecule is COCc1nc(OC)c2c(C)c(C(=O)Nc3ccc4nc(Cc5ccccc5F)[nH]c4c3)sc2n1. The molecule has 0 aliphatic carbocycles. The zero-order valence-corrected chi connectivity index (χ0v) is 20.1. The van der Waals surface area contributed by atoms with Crippen LogP contribution in [-0.4, -0.2) is 40.1 Å². The second-order valence-electron chi connectivity index (χ2n) is 7.96. The predicted molar refractivity (Wildman–Crippen MR) is 133 cm³/mol. The van der Waals surface area contributed by atoms with Crippen molar-refractivity contribution >= 4 is 44.2 Å². The summed E-state index contributed by atoms with van der Waals surface area (Å²) in [4.78, 5) is 31.0. The second-order valence-corrected chi connectivity index (χ2v) is 8.96. The third-order valence-electron chi connectivity index (χ3n) is 5.58. The Morgan fingerprint density at radius 3 is 2.74 bits per heavy atom. The molecule has 0 saturated heterocycles. The summed E-state index contributed by atoms with van der Waals surface area (Å²) in [5.74, 6) is 1.02. The highest BCUT2D eigenvalue weighted by Crippen LogP contribution is 2.35. The Morgan fingerprint density at radius 1 is 1.14 bits per heavy atom. The van der Waals surface area contributed by atoms with Crippen molar-refractivity contribution in [2.45, 2.75) is 20.0 Å². The van der Waals surface area contributed by atoms with Crippen LogP contribution in [-0.2, 0) is 17.8 Å². The first kappa shape index (κ1) is 22.9. The highest BCUT2D eigenvalue weighted by molar-refractivity contribution is 7.20. The van der Waals surface area contributed by atoms with E-state index in [0.29, 0.717) is 50.3 Å². The molecule has 3 heterocycles. The Morgan fingerprint density at radius 2 is 1.97 bits per heavy atom. The number of imidazole rings is 1. The predicted octanol–water partition coefficient (Wildman–Crippen LogP) is 5.01. The number of benzene rings is 2. The number of aromatic nitrogens is 4. The first-order valence-electron chi connectivity index (χ1n) is 10.8. The minimum absolute atomic E-state index is 0.244. The summed E-state index contributed by atoms with van der Waals surface area (Å²) in [5, 5.41) is 3.66. The van der Waals surface area contributed by atoms with Gasteiger partial charge in [-0.2, -0.15) is 4.98 Å². The molecular formula is C25H22FN5O3S. The number of nitrogens with one attached hydrogen (secondary N) is 2. The molecular weight excluding hydrogens is 469 g/mol. The average molecular weight is 492 g/mol. The topological polar surface area (TPSA) is 102 Å². The van der Waals surface area contributed by atoms with Crippen molar-refractivity contribution in [3.8, 4) is 5.88 Å². The molecule has 35 heavy (non-hydrogen) atoms. The Bertz CT molecular complexity index is 1560. The Labute approximate surface area is 204 Å². The minimum Gasteiger partial charge on any atom is -0.480 e. The van der Waals surface area contributed by atoms with Gasteiger partial charge in [-0.1, -0.05) is 18.2 Å². The summed E-state index contributed by atoms with van der Waals surface area (Å²) in [6, 6.07) is 12.0. The van der Waals surface area contributed by atoms with Crippen LogP contribution in [0.25, 0.3) is 21.3 Å². The first-order valence-corrected chi connectivity index (χ1v) is 11.6. The molecule has 1 amide bonds. The molecule has 0 unspecified atom stereocenters. The average Bonchev–Trinajstić information content (AvgIpc) is 3.40. The number of carbonyl (C=O) groups is 1. The van der Waals surface area contributed by atoms with Crippen molar-refractivity contribution in [3.63, 3.8) is 0 Å². The van der Waals surface area contributed by atoms with Crippen molar-refractivity contribution in [1.29, 1.82) is 0 Å². The summed E-state index contributed by atoms with van der Waals surface area (Å²) >= 11 is 1.28. The van der Waals surface area contributed by atoms with Crippen LogP contribution in [0.3, 0.4) is 0 Å². The van der Waals surface area contributed by atoms with Crippen molar-refractivity contribution < 1.29 is 18.7 Å². The normalized spacial score (nSPS) is 11.3. The highest BCUT2D eigenvalue weighted by Gasteiger charge is 2.21. The van der Waals surface area contributed by atoms with Gasteiger partial charge in [-0.05, 0) is 42.3 Å². The first-order chi connectivity index (χ1) is 17.0. The van der Waals surface area contributed by atoms with Gasteiger partial charge < -0.3 is 19.8 Å². The molecule has 0 radical (unpaired) electrons. The van der Waals surface area contributed by atoms with E-state index in [0.717, 1.165) is 16.6 Å². The molecule has 2 aromatic carbocycles. The van der Waals surface area contributed by atoms with Gasteiger partial charge in [0.05, 0.1) is 28.4 Å². The number of carbonyl (C=O) groups excluding carboxylic acids is 1. The number of halogens is 1. The van der Waals surface area contributed by atoms with Crippen molar-refractivity contribution in [1.82, 2.24) is 19.9 Å². The second kappa shape index (κ2) is 9.40. The number of H-pyrrole nitrogens is 1. The lowest BCUT2D eigenvalue weighted by molar-refractivity contribution is 0.103. The molecule has 0 aliphatic rings. The largest absolute Gasteiger partial charge is 0.480 e. The van der Waals surface area contributed by atoms with Crippen LogP contribution in [0.15, 0.2) is 42.5 Å². The summed E-state index contributed by atoms with van der Waals surface area (Å²) in [7, 11) is 3.10. The Kier molecular flexibility index (Phi) is 6.14. The lowest BCUT2D eigenvalue weighted by Crippen LogP contribution is -2.11. The van der Waals surface area contributed by atoms with Gasteiger partial charge in [0.25, 0.3) is 5.91 Å². The van der Waals surface area contributed by atoms with Crippen molar-refractivity contribution in [3.05, 3.63) is 75.9 Å². The van der Waals surface area contributed by atoms with E-state index in [2.05, 4.69) is 25.3 Å². The number of hydrogen-bond acceptors (Lipinski definition) is 7. The number of amides is 1. The summed E-state index contributed by atoms with van der Waals surface area (Å²) in [6.45, 7) is 2.09. The number of nitrogens with zero attached hydrogens (tertiary/aromatic N) is 3. The molecule has 2 N–H and O–H groups in total. The number of methoxy groups -OCH3 is 2. The van der Waals surface area contributed by atoms with Crippen LogP contribution in [0.5, 0.6) is 5.88 Å². The van der Waals surface area contributed by atoms with Crippen molar-refractivity contribution in [2.75, 3.05) is 19.5 Å². The maximum Gasteiger partial charge on any atom is 0.266 e. The number of aryl methyl sites for hydroxylation is 1. The van der Waals surface area contributed by atoms with E-state index in [1.807, 2.05) is 19.1 Å². The fraction of sp³-hybridized carbons (Fsp3) is 0.200. The van der Waals surface area contributed by atoms with Gasteiger partial charge in [0, 0.05) is 19.2 Å². The van der Waals surface area contributed by atoms with Gasteiger partial charge >= 0.3 is 0 Å². The van der Waals surface area contributed by atoms with Crippen LogP contribution in [0.1, 0.15) is 32.4 Å². The number of hydrogen-bond donors (Lipinski definition) is 2. The van der Waals surface area contributed by atoms with Crippen LogP contribution >= 0.6 is 11.3 Å². The fourth-order valence-electron chi connectivity index (χ4n) is 3.94. The summed E-state index contributed by atoms with van der Waals surface area (Å²) in [6.07, 6.45) is 0.345. The highest BCUT2D eigenvalue weighted by atomic mass is 32.1. The third kappa shape index (κ3) is 4.45.